The highest BCUT2D eigenvalue weighted by atomic mass is 14.8. The maximum absolute atomic E-state index is 6.88. The van der Waals surface area contributed by atoms with E-state index >= 15 is 0 Å². The van der Waals surface area contributed by atoms with Crippen molar-refractivity contribution in [3.63, 3.8) is 0 Å². The first-order chi connectivity index (χ1) is 8.27. The Morgan fingerprint density at radius 1 is 0.765 bits per heavy atom. The van der Waals surface area contributed by atoms with Gasteiger partial charge in [-0.05, 0) is 50.5 Å². The second-order valence-corrected chi connectivity index (χ2v) is 6.32. The Labute approximate surface area is 107 Å². The van der Waals surface area contributed by atoms with Crippen LogP contribution in [0.3, 0.4) is 0 Å². The van der Waals surface area contributed by atoms with Crippen molar-refractivity contribution in [3.8, 4) is 0 Å². The molecule has 0 aromatic carbocycles. The normalized spacial score (nSPS) is 25.1. The number of hydrogen-bond acceptors (Lipinski definition) is 2. The zero-order valence-corrected chi connectivity index (χ0v) is 11.3. The highest BCUT2D eigenvalue weighted by Crippen LogP contribution is 2.42. The molecule has 17 heavy (non-hydrogen) atoms. The summed E-state index contributed by atoms with van der Waals surface area (Å²) in [4.78, 5) is 0. The summed E-state index contributed by atoms with van der Waals surface area (Å²) in [7, 11) is 0. The van der Waals surface area contributed by atoms with Crippen molar-refractivity contribution in [1.82, 2.24) is 0 Å². The molecule has 0 spiro atoms. The molecule has 0 unspecified atom stereocenters. The lowest BCUT2D eigenvalue weighted by Gasteiger charge is -2.47. The largest absolute Gasteiger partial charge is 0.330 e. The second kappa shape index (κ2) is 6.19. The zero-order chi connectivity index (χ0) is 12.1. The molecule has 0 aromatic heterocycles. The predicted molar refractivity (Wildman–Crippen MR) is 73.7 cm³/mol. The van der Waals surface area contributed by atoms with Crippen LogP contribution < -0.4 is 11.5 Å². The van der Waals surface area contributed by atoms with Gasteiger partial charge in [0.1, 0.15) is 0 Å². The lowest BCUT2D eigenvalue weighted by molar-refractivity contribution is 0.0989. The fourth-order valence-corrected chi connectivity index (χ4v) is 4.27. The molecule has 0 amide bonds. The van der Waals surface area contributed by atoms with Gasteiger partial charge in [-0.3, -0.25) is 0 Å². The van der Waals surface area contributed by atoms with E-state index in [-0.39, 0.29) is 5.54 Å². The Bertz CT molecular complexity index is 197. The Morgan fingerprint density at radius 2 is 1.18 bits per heavy atom. The molecule has 2 aliphatic carbocycles. The molecule has 2 heteroatoms. The minimum atomic E-state index is 0.0651. The summed E-state index contributed by atoms with van der Waals surface area (Å²) in [6, 6.07) is 0. The molecule has 0 radical (unpaired) electrons. The summed E-state index contributed by atoms with van der Waals surface area (Å²) >= 11 is 0. The van der Waals surface area contributed by atoms with Gasteiger partial charge >= 0.3 is 0 Å². The molecule has 0 atom stereocenters. The molecule has 0 heterocycles. The van der Waals surface area contributed by atoms with Gasteiger partial charge in [0, 0.05) is 5.54 Å². The van der Waals surface area contributed by atoms with Gasteiger partial charge in [0.05, 0.1) is 0 Å². The van der Waals surface area contributed by atoms with E-state index in [9.17, 15) is 0 Å². The van der Waals surface area contributed by atoms with Gasteiger partial charge in [-0.25, -0.2) is 0 Å². The minimum absolute atomic E-state index is 0.0651. The van der Waals surface area contributed by atoms with Crippen LogP contribution in [0.15, 0.2) is 0 Å². The molecule has 2 fully saturated rings. The van der Waals surface area contributed by atoms with Crippen molar-refractivity contribution in [1.29, 1.82) is 0 Å². The van der Waals surface area contributed by atoms with Gasteiger partial charge in [0.2, 0.25) is 0 Å². The summed E-state index contributed by atoms with van der Waals surface area (Å²) in [5.41, 5.74) is 12.8. The standard InChI is InChI=1S/C15H30N2/c16-12-11-15(17,13-7-3-1-4-8-13)14-9-5-2-6-10-14/h13-14H,1-12,16-17H2. The molecule has 2 nitrogen and oxygen atoms in total. The van der Waals surface area contributed by atoms with E-state index in [0.29, 0.717) is 0 Å². The smallest absolute Gasteiger partial charge is 0.0223 e. The summed E-state index contributed by atoms with van der Waals surface area (Å²) in [6.45, 7) is 0.767. The molecule has 4 N–H and O–H groups in total. The van der Waals surface area contributed by atoms with Gasteiger partial charge in [-0.2, -0.15) is 0 Å². The Balaban J connectivity index is 2.05. The lowest BCUT2D eigenvalue weighted by atomic mass is 9.63. The minimum Gasteiger partial charge on any atom is -0.330 e. The first-order valence-corrected chi connectivity index (χ1v) is 7.76. The van der Waals surface area contributed by atoms with E-state index in [1.807, 2.05) is 0 Å². The van der Waals surface area contributed by atoms with Crippen molar-refractivity contribution in [2.45, 2.75) is 76.2 Å². The van der Waals surface area contributed by atoms with Crippen LogP contribution in [0.5, 0.6) is 0 Å². The average molecular weight is 238 g/mol. The summed E-state index contributed by atoms with van der Waals surface area (Å²) in [5, 5.41) is 0. The van der Waals surface area contributed by atoms with Crippen molar-refractivity contribution >= 4 is 0 Å². The van der Waals surface area contributed by atoms with E-state index in [1.54, 1.807) is 0 Å². The predicted octanol–water partition coefficient (Wildman–Crippen LogP) is 3.19. The number of hydrogen-bond donors (Lipinski definition) is 2. The van der Waals surface area contributed by atoms with Gasteiger partial charge in [0.25, 0.3) is 0 Å². The maximum Gasteiger partial charge on any atom is 0.0223 e. The van der Waals surface area contributed by atoms with E-state index in [4.69, 9.17) is 11.5 Å². The fraction of sp³-hybridized carbons (Fsp3) is 1.00. The molecule has 100 valence electrons. The molecular weight excluding hydrogens is 208 g/mol. The third-order valence-corrected chi connectivity index (χ3v) is 5.31. The van der Waals surface area contributed by atoms with E-state index in [0.717, 1.165) is 24.8 Å². The molecule has 0 bridgehead atoms. The molecule has 0 aromatic rings. The first kappa shape index (κ1) is 13.4. The molecule has 2 rings (SSSR count). The van der Waals surface area contributed by atoms with Crippen molar-refractivity contribution < 1.29 is 0 Å². The summed E-state index contributed by atoms with van der Waals surface area (Å²) < 4.78 is 0. The van der Waals surface area contributed by atoms with Crippen LogP contribution in [0.4, 0.5) is 0 Å². The molecule has 0 saturated heterocycles. The van der Waals surface area contributed by atoms with Crippen molar-refractivity contribution in [2.24, 2.45) is 23.3 Å². The van der Waals surface area contributed by atoms with Crippen molar-refractivity contribution in [3.05, 3.63) is 0 Å². The monoisotopic (exact) mass is 238 g/mol. The SMILES string of the molecule is NCCC(N)(C1CCCCC1)C1CCCCC1. The van der Waals surface area contributed by atoms with Gasteiger partial charge < -0.3 is 11.5 Å². The van der Waals surface area contributed by atoms with E-state index in [2.05, 4.69) is 0 Å². The van der Waals surface area contributed by atoms with Crippen LogP contribution in [-0.2, 0) is 0 Å². The Kier molecular flexibility index (Phi) is 4.87. The Hall–Kier alpha value is -0.0800. The first-order valence-electron chi connectivity index (χ1n) is 7.76. The third kappa shape index (κ3) is 3.03. The van der Waals surface area contributed by atoms with Gasteiger partial charge in [0.15, 0.2) is 0 Å². The Morgan fingerprint density at radius 3 is 1.53 bits per heavy atom. The number of rotatable bonds is 4. The van der Waals surface area contributed by atoms with Crippen LogP contribution >= 0.6 is 0 Å². The summed E-state index contributed by atoms with van der Waals surface area (Å²) in [6.07, 6.45) is 14.9. The third-order valence-electron chi connectivity index (χ3n) is 5.31. The van der Waals surface area contributed by atoms with Crippen molar-refractivity contribution in [2.75, 3.05) is 6.54 Å². The van der Waals surface area contributed by atoms with E-state index < -0.39 is 0 Å². The number of nitrogens with two attached hydrogens (primary N) is 2. The van der Waals surface area contributed by atoms with Crippen LogP contribution in [0.25, 0.3) is 0 Å². The average Bonchev–Trinajstić information content (AvgIpc) is 2.41. The zero-order valence-electron chi connectivity index (χ0n) is 11.3. The second-order valence-electron chi connectivity index (χ2n) is 6.32. The van der Waals surface area contributed by atoms with Crippen LogP contribution in [0.2, 0.25) is 0 Å². The van der Waals surface area contributed by atoms with Gasteiger partial charge in [-0.15, -0.1) is 0 Å². The molecule has 2 saturated carbocycles. The molecule has 0 aliphatic heterocycles. The van der Waals surface area contributed by atoms with Crippen LogP contribution in [-0.4, -0.2) is 12.1 Å². The lowest BCUT2D eigenvalue weighted by Crippen LogP contribution is -2.55. The quantitative estimate of drug-likeness (QED) is 0.790. The molecule has 2 aliphatic rings. The van der Waals surface area contributed by atoms with Crippen LogP contribution in [0.1, 0.15) is 70.6 Å². The molecular formula is C15H30N2. The van der Waals surface area contributed by atoms with Gasteiger partial charge in [-0.1, -0.05) is 38.5 Å². The fourth-order valence-electron chi connectivity index (χ4n) is 4.27. The summed E-state index contributed by atoms with van der Waals surface area (Å²) in [5.74, 6) is 1.51. The van der Waals surface area contributed by atoms with Crippen LogP contribution in [0, 0.1) is 11.8 Å². The topological polar surface area (TPSA) is 52.0 Å². The maximum atomic E-state index is 6.88. The highest BCUT2D eigenvalue weighted by Gasteiger charge is 2.41. The highest BCUT2D eigenvalue weighted by molar-refractivity contribution is 4.98. The van der Waals surface area contributed by atoms with E-state index in [1.165, 1.54) is 64.2 Å².